The Bertz CT molecular complexity index is 593. The number of rotatable bonds is 3. The van der Waals surface area contributed by atoms with Crippen LogP contribution < -0.4 is 4.90 Å². The van der Waals surface area contributed by atoms with Crippen LogP contribution in [0.2, 0.25) is 0 Å². The van der Waals surface area contributed by atoms with Gasteiger partial charge in [-0.15, -0.1) is 0 Å². The molecule has 0 atom stereocenters. The first-order valence-electron chi connectivity index (χ1n) is 7.38. The fourth-order valence-electron chi connectivity index (χ4n) is 2.64. The topological polar surface area (TPSA) is 50.1 Å². The number of aromatic nitrogens is 4. The summed E-state index contributed by atoms with van der Waals surface area (Å²) < 4.78 is 1.94. The molecule has 0 radical (unpaired) electrons. The van der Waals surface area contributed by atoms with E-state index in [0.29, 0.717) is 0 Å². The maximum absolute atomic E-state index is 4.53. The first-order chi connectivity index (χ1) is 10.1. The SMILES string of the molecule is Cc1ccnc(N2CCN(Cc3cc(C)n(C)n3)CC2)n1. The molecule has 1 fully saturated rings. The summed E-state index contributed by atoms with van der Waals surface area (Å²) in [5.74, 6) is 0.850. The lowest BCUT2D eigenvalue weighted by atomic mass is 10.3. The van der Waals surface area contributed by atoms with Crippen LogP contribution in [0.1, 0.15) is 17.1 Å². The van der Waals surface area contributed by atoms with Gasteiger partial charge < -0.3 is 4.90 Å². The zero-order chi connectivity index (χ0) is 14.8. The van der Waals surface area contributed by atoms with E-state index in [1.54, 1.807) is 0 Å². The molecule has 2 aromatic heterocycles. The monoisotopic (exact) mass is 286 g/mol. The smallest absolute Gasteiger partial charge is 0.225 e. The van der Waals surface area contributed by atoms with Crippen LogP contribution >= 0.6 is 0 Å². The Hall–Kier alpha value is -1.95. The van der Waals surface area contributed by atoms with Crippen LogP contribution in [0.15, 0.2) is 18.3 Å². The van der Waals surface area contributed by atoms with Gasteiger partial charge >= 0.3 is 0 Å². The van der Waals surface area contributed by atoms with Crippen LogP contribution in [0.25, 0.3) is 0 Å². The van der Waals surface area contributed by atoms with Crippen LogP contribution in [-0.2, 0) is 13.6 Å². The van der Waals surface area contributed by atoms with E-state index < -0.39 is 0 Å². The van der Waals surface area contributed by atoms with Crippen molar-refractivity contribution in [2.75, 3.05) is 31.1 Å². The molecule has 0 aliphatic carbocycles. The summed E-state index contributed by atoms with van der Waals surface area (Å²) in [7, 11) is 1.99. The summed E-state index contributed by atoms with van der Waals surface area (Å²) in [6.07, 6.45) is 1.83. The van der Waals surface area contributed by atoms with Crippen molar-refractivity contribution < 1.29 is 0 Å². The maximum atomic E-state index is 4.53. The van der Waals surface area contributed by atoms with Gasteiger partial charge in [0.25, 0.3) is 0 Å². The third-order valence-corrected chi connectivity index (χ3v) is 3.99. The molecule has 3 rings (SSSR count). The molecule has 1 aliphatic rings. The highest BCUT2D eigenvalue weighted by molar-refractivity contribution is 5.30. The molecule has 2 aromatic rings. The summed E-state index contributed by atoms with van der Waals surface area (Å²) in [5.41, 5.74) is 3.37. The van der Waals surface area contributed by atoms with Crippen LogP contribution in [0.3, 0.4) is 0 Å². The molecule has 0 amide bonds. The summed E-state index contributed by atoms with van der Waals surface area (Å²) >= 11 is 0. The van der Waals surface area contributed by atoms with Gasteiger partial charge in [-0.2, -0.15) is 5.10 Å². The molecule has 0 unspecified atom stereocenters. The molecule has 0 N–H and O–H groups in total. The van der Waals surface area contributed by atoms with Crippen LogP contribution in [-0.4, -0.2) is 50.8 Å². The largest absolute Gasteiger partial charge is 0.338 e. The van der Waals surface area contributed by atoms with Gasteiger partial charge in [0.15, 0.2) is 0 Å². The zero-order valence-corrected chi connectivity index (χ0v) is 13.0. The summed E-state index contributed by atoms with van der Waals surface area (Å²) in [6, 6.07) is 4.10. The Morgan fingerprint density at radius 3 is 2.52 bits per heavy atom. The van der Waals surface area contributed by atoms with Crippen molar-refractivity contribution in [3.63, 3.8) is 0 Å². The average molecular weight is 286 g/mol. The fraction of sp³-hybridized carbons (Fsp3) is 0.533. The maximum Gasteiger partial charge on any atom is 0.225 e. The van der Waals surface area contributed by atoms with E-state index in [2.05, 4.69) is 37.9 Å². The quantitative estimate of drug-likeness (QED) is 0.847. The zero-order valence-electron chi connectivity index (χ0n) is 13.0. The first kappa shape index (κ1) is 14.0. The van der Waals surface area contributed by atoms with Gasteiger partial charge in [-0.05, 0) is 26.0 Å². The van der Waals surface area contributed by atoms with Crippen molar-refractivity contribution in [1.29, 1.82) is 0 Å². The van der Waals surface area contributed by atoms with Gasteiger partial charge in [0, 0.05) is 57.4 Å². The van der Waals surface area contributed by atoms with Crippen molar-refractivity contribution in [1.82, 2.24) is 24.6 Å². The highest BCUT2D eigenvalue weighted by Crippen LogP contribution is 2.13. The van der Waals surface area contributed by atoms with Gasteiger partial charge in [0.2, 0.25) is 5.95 Å². The van der Waals surface area contributed by atoms with Gasteiger partial charge in [0.1, 0.15) is 0 Å². The molecule has 1 saturated heterocycles. The lowest BCUT2D eigenvalue weighted by molar-refractivity contribution is 0.245. The van der Waals surface area contributed by atoms with Gasteiger partial charge in [-0.1, -0.05) is 0 Å². The minimum absolute atomic E-state index is 0.850. The lowest BCUT2D eigenvalue weighted by Crippen LogP contribution is -2.46. The van der Waals surface area contributed by atoms with Crippen molar-refractivity contribution in [3.8, 4) is 0 Å². The molecule has 0 spiro atoms. The second-order valence-corrected chi connectivity index (χ2v) is 5.66. The van der Waals surface area contributed by atoms with Gasteiger partial charge in [0.05, 0.1) is 5.69 Å². The second kappa shape index (κ2) is 5.81. The third kappa shape index (κ3) is 3.21. The lowest BCUT2D eigenvalue weighted by Gasteiger charge is -2.34. The van der Waals surface area contributed by atoms with Crippen molar-refractivity contribution in [3.05, 3.63) is 35.4 Å². The molecule has 0 aromatic carbocycles. The minimum Gasteiger partial charge on any atom is -0.338 e. The Labute approximate surface area is 125 Å². The number of piperazine rings is 1. The summed E-state index contributed by atoms with van der Waals surface area (Å²) in [6.45, 7) is 8.99. The summed E-state index contributed by atoms with van der Waals surface area (Å²) in [5, 5.41) is 4.53. The van der Waals surface area contributed by atoms with Crippen molar-refractivity contribution in [2.24, 2.45) is 7.05 Å². The molecule has 0 bridgehead atoms. The van der Waals surface area contributed by atoms with Crippen molar-refractivity contribution >= 4 is 5.95 Å². The number of nitrogens with zero attached hydrogens (tertiary/aromatic N) is 6. The number of aryl methyl sites for hydroxylation is 3. The highest BCUT2D eigenvalue weighted by atomic mass is 15.3. The highest BCUT2D eigenvalue weighted by Gasteiger charge is 2.19. The number of anilines is 1. The van der Waals surface area contributed by atoms with Gasteiger partial charge in [-0.25, -0.2) is 9.97 Å². The Morgan fingerprint density at radius 2 is 1.90 bits per heavy atom. The van der Waals surface area contributed by atoms with E-state index in [-0.39, 0.29) is 0 Å². The van der Waals surface area contributed by atoms with Crippen molar-refractivity contribution in [2.45, 2.75) is 20.4 Å². The molecular formula is C15H22N6. The Morgan fingerprint density at radius 1 is 1.14 bits per heavy atom. The molecule has 6 nitrogen and oxygen atoms in total. The van der Waals surface area contributed by atoms with Crippen LogP contribution in [0, 0.1) is 13.8 Å². The molecule has 21 heavy (non-hydrogen) atoms. The predicted octanol–water partition coefficient (Wildman–Crippen LogP) is 1.15. The third-order valence-electron chi connectivity index (χ3n) is 3.99. The second-order valence-electron chi connectivity index (χ2n) is 5.66. The van der Waals surface area contributed by atoms with Crippen LogP contribution in [0.4, 0.5) is 5.95 Å². The Kier molecular flexibility index (Phi) is 3.88. The fourth-order valence-corrected chi connectivity index (χ4v) is 2.64. The average Bonchev–Trinajstić information content (AvgIpc) is 2.78. The Balaban J connectivity index is 1.57. The van der Waals surface area contributed by atoms with Crippen LogP contribution in [0.5, 0.6) is 0 Å². The molecule has 112 valence electrons. The first-order valence-corrected chi connectivity index (χ1v) is 7.38. The summed E-state index contributed by atoms with van der Waals surface area (Å²) in [4.78, 5) is 13.6. The van der Waals surface area contributed by atoms with E-state index in [1.807, 2.05) is 30.9 Å². The van der Waals surface area contributed by atoms with Gasteiger partial charge in [-0.3, -0.25) is 9.58 Å². The standard InChI is InChI=1S/C15H22N6/c1-12-4-5-16-15(17-12)21-8-6-20(7-9-21)11-14-10-13(2)19(3)18-14/h4-5,10H,6-9,11H2,1-3H3. The van der Waals surface area contributed by atoms with E-state index in [1.165, 1.54) is 5.69 Å². The molecule has 1 aliphatic heterocycles. The molecule has 0 saturated carbocycles. The van der Waals surface area contributed by atoms with E-state index in [0.717, 1.165) is 50.1 Å². The normalized spacial score (nSPS) is 16.4. The predicted molar refractivity (Wildman–Crippen MR) is 82.2 cm³/mol. The molecule has 6 heteroatoms. The van der Waals surface area contributed by atoms with E-state index in [4.69, 9.17) is 0 Å². The van der Waals surface area contributed by atoms with E-state index >= 15 is 0 Å². The minimum atomic E-state index is 0.850. The number of hydrogen-bond donors (Lipinski definition) is 0. The van der Waals surface area contributed by atoms with E-state index in [9.17, 15) is 0 Å². The molecule has 3 heterocycles. The number of hydrogen-bond acceptors (Lipinski definition) is 5. The molecular weight excluding hydrogens is 264 g/mol.